The second kappa shape index (κ2) is 40.6. The average Bonchev–Trinajstić information content (AvgIpc) is 3.16. The first-order valence-electron chi connectivity index (χ1n) is 24.6. The molecule has 9 heteroatoms. The van der Waals surface area contributed by atoms with Crippen molar-refractivity contribution in [2.45, 2.75) is 251 Å². The lowest BCUT2D eigenvalue weighted by Crippen LogP contribution is -2.45. The number of carbonyl (C=O) groups is 1. The number of phosphoric ester groups is 1. The summed E-state index contributed by atoms with van der Waals surface area (Å²) in [5, 5.41) is 13.6. The maximum atomic E-state index is 12.7. The second-order valence-electron chi connectivity index (χ2n) is 18.2. The number of amides is 1. The van der Waals surface area contributed by atoms with Crippen LogP contribution in [-0.2, 0) is 18.4 Å². The highest BCUT2D eigenvalue weighted by molar-refractivity contribution is 7.47. The summed E-state index contributed by atoms with van der Waals surface area (Å²) >= 11 is 0. The van der Waals surface area contributed by atoms with Gasteiger partial charge >= 0.3 is 7.82 Å². The molecule has 0 heterocycles. The van der Waals surface area contributed by atoms with Gasteiger partial charge < -0.3 is 19.8 Å². The first-order valence-corrected chi connectivity index (χ1v) is 26.1. The van der Waals surface area contributed by atoms with E-state index in [0.29, 0.717) is 17.4 Å². The minimum absolute atomic E-state index is 0.0630. The Morgan fingerprint density at radius 2 is 0.930 bits per heavy atom. The van der Waals surface area contributed by atoms with Crippen LogP contribution in [0.25, 0.3) is 0 Å². The van der Waals surface area contributed by atoms with Crippen molar-refractivity contribution in [1.29, 1.82) is 0 Å². The lowest BCUT2D eigenvalue weighted by atomic mass is 10.0. The van der Waals surface area contributed by atoms with E-state index in [1.165, 1.54) is 180 Å². The van der Waals surface area contributed by atoms with Crippen LogP contribution in [0.2, 0.25) is 0 Å². The number of allylic oxidation sites excluding steroid dienone is 1. The van der Waals surface area contributed by atoms with Crippen molar-refractivity contribution in [2.75, 3.05) is 40.9 Å². The molecule has 340 valence electrons. The monoisotopic (exact) mass is 830 g/mol. The molecular formula is C48H98N2O6P+. The summed E-state index contributed by atoms with van der Waals surface area (Å²) in [6.45, 7) is 4.68. The van der Waals surface area contributed by atoms with Gasteiger partial charge in [0, 0.05) is 6.42 Å². The summed E-state index contributed by atoms with van der Waals surface area (Å²) in [5.41, 5.74) is 0. The van der Waals surface area contributed by atoms with Crippen molar-refractivity contribution in [3.8, 4) is 0 Å². The number of unbranched alkanes of at least 4 members (excludes halogenated alkanes) is 32. The van der Waals surface area contributed by atoms with Crippen molar-refractivity contribution < 1.29 is 32.9 Å². The molecule has 0 spiro atoms. The molecule has 0 rings (SSSR count). The van der Waals surface area contributed by atoms with Gasteiger partial charge in [0.15, 0.2) is 0 Å². The Hall–Kier alpha value is -0.760. The van der Waals surface area contributed by atoms with Crippen LogP contribution in [0.5, 0.6) is 0 Å². The summed E-state index contributed by atoms with van der Waals surface area (Å²) in [5.74, 6) is -0.182. The number of hydrogen-bond donors (Lipinski definition) is 3. The molecular weight excluding hydrogens is 732 g/mol. The van der Waals surface area contributed by atoms with E-state index in [2.05, 4.69) is 19.2 Å². The van der Waals surface area contributed by atoms with E-state index in [1.54, 1.807) is 6.08 Å². The van der Waals surface area contributed by atoms with E-state index >= 15 is 0 Å². The van der Waals surface area contributed by atoms with Gasteiger partial charge in [-0.15, -0.1) is 0 Å². The van der Waals surface area contributed by atoms with Crippen molar-refractivity contribution in [3.05, 3.63) is 12.2 Å². The first-order chi connectivity index (χ1) is 27.5. The Morgan fingerprint density at radius 3 is 1.28 bits per heavy atom. The van der Waals surface area contributed by atoms with Gasteiger partial charge in [0.1, 0.15) is 13.2 Å². The Labute approximate surface area is 354 Å². The predicted octanol–water partition coefficient (Wildman–Crippen LogP) is 13.9. The van der Waals surface area contributed by atoms with Crippen molar-refractivity contribution in [1.82, 2.24) is 5.32 Å². The summed E-state index contributed by atoms with van der Waals surface area (Å²) < 4.78 is 23.3. The van der Waals surface area contributed by atoms with Crippen LogP contribution in [0.4, 0.5) is 0 Å². The zero-order chi connectivity index (χ0) is 42.1. The Bertz CT molecular complexity index is 942. The van der Waals surface area contributed by atoms with E-state index in [-0.39, 0.29) is 19.1 Å². The SMILES string of the molecule is CCCC/C=C/C(O)C(COP(=O)(O)OCC[N+](C)(C)C)NC(=O)CCCCCCCCCCCCCCCCCCCCCCCCCCCCCCCCC. The molecule has 3 unspecified atom stereocenters. The van der Waals surface area contributed by atoms with Gasteiger partial charge in [-0.3, -0.25) is 13.8 Å². The molecule has 0 saturated heterocycles. The van der Waals surface area contributed by atoms with Gasteiger partial charge in [0.05, 0.1) is 39.9 Å². The quantitative estimate of drug-likeness (QED) is 0.0244. The molecule has 0 aromatic carbocycles. The van der Waals surface area contributed by atoms with Crippen LogP contribution in [0.3, 0.4) is 0 Å². The lowest BCUT2D eigenvalue weighted by Gasteiger charge is -2.25. The second-order valence-corrected chi connectivity index (χ2v) is 19.7. The highest BCUT2D eigenvalue weighted by Gasteiger charge is 2.27. The minimum Gasteiger partial charge on any atom is -0.387 e. The van der Waals surface area contributed by atoms with Gasteiger partial charge in [0.25, 0.3) is 0 Å². The van der Waals surface area contributed by atoms with Crippen LogP contribution in [0, 0.1) is 0 Å². The first kappa shape index (κ1) is 56.2. The third kappa shape index (κ3) is 43.1. The molecule has 1 amide bonds. The minimum atomic E-state index is -4.31. The highest BCUT2D eigenvalue weighted by atomic mass is 31.2. The zero-order valence-electron chi connectivity index (χ0n) is 38.6. The fraction of sp³-hybridized carbons (Fsp3) is 0.938. The van der Waals surface area contributed by atoms with E-state index in [0.717, 1.165) is 38.5 Å². The van der Waals surface area contributed by atoms with E-state index in [4.69, 9.17) is 9.05 Å². The lowest BCUT2D eigenvalue weighted by molar-refractivity contribution is -0.870. The molecule has 0 saturated carbocycles. The number of hydrogen-bond acceptors (Lipinski definition) is 5. The number of likely N-dealkylation sites (N-methyl/N-ethyl adjacent to an activating group) is 1. The standard InChI is InChI=1S/C48H97N2O6P/c1-6-8-10-12-13-14-15-16-17-18-19-20-21-22-23-24-25-26-27-28-29-30-31-32-33-34-35-36-37-38-40-42-48(52)49-46(47(51)41-39-11-9-7-2)45-56-57(53,54)55-44-43-50(3,4)5/h39,41,46-47,51H,6-38,40,42-45H2,1-5H3,(H-,49,52,53,54)/p+1/b41-39+. The van der Waals surface area contributed by atoms with Crippen LogP contribution in [-0.4, -0.2) is 73.4 Å². The van der Waals surface area contributed by atoms with Crippen molar-refractivity contribution in [2.24, 2.45) is 0 Å². The largest absolute Gasteiger partial charge is 0.472 e. The van der Waals surface area contributed by atoms with Crippen LogP contribution >= 0.6 is 7.82 Å². The molecule has 3 atom stereocenters. The predicted molar refractivity (Wildman–Crippen MR) is 245 cm³/mol. The number of rotatable bonds is 45. The highest BCUT2D eigenvalue weighted by Crippen LogP contribution is 2.43. The van der Waals surface area contributed by atoms with Crippen molar-refractivity contribution >= 4 is 13.7 Å². The molecule has 0 aliphatic carbocycles. The Balaban J connectivity index is 3.73. The Morgan fingerprint density at radius 1 is 0.579 bits per heavy atom. The molecule has 0 bridgehead atoms. The van der Waals surface area contributed by atoms with Gasteiger partial charge in [-0.05, 0) is 12.8 Å². The number of phosphoric acid groups is 1. The molecule has 3 N–H and O–H groups in total. The normalized spacial score (nSPS) is 14.3. The topological polar surface area (TPSA) is 105 Å². The van der Waals surface area contributed by atoms with E-state index < -0.39 is 20.0 Å². The molecule has 0 aliphatic rings. The molecule has 0 aliphatic heterocycles. The third-order valence-corrected chi connectivity index (χ3v) is 12.2. The zero-order valence-corrected chi connectivity index (χ0v) is 39.5. The van der Waals surface area contributed by atoms with Crippen LogP contribution < -0.4 is 5.32 Å². The fourth-order valence-corrected chi connectivity index (χ4v) is 8.06. The molecule has 0 aromatic rings. The number of aliphatic hydroxyl groups excluding tert-OH is 1. The molecule has 8 nitrogen and oxygen atoms in total. The van der Waals surface area contributed by atoms with Crippen LogP contribution in [0.1, 0.15) is 239 Å². The molecule has 0 aromatic heterocycles. The molecule has 0 radical (unpaired) electrons. The van der Waals surface area contributed by atoms with Crippen LogP contribution in [0.15, 0.2) is 12.2 Å². The number of carbonyl (C=O) groups excluding carboxylic acids is 1. The maximum Gasteiger partial charge on any atom is 0.472 e. The fourth-order valence-electron chi connectivity index (χ4n) is 7.32. The van der Waals surface area contributed by atoms with Gasteiger partial charge in [-0.25, -0.2) is 4.57 Å². The number of nitrogens with zero attached hydrogens (tertiary/aromatic N) is 1. The Kier molecular flexibility index (Phi) is 40.1. The third-order valence-electron chi connectivity index (χ3n) is 11.3. The summed E-state index contributed by atoms with van der Waals surface area (Å²) in [4.78, 5) is 22.9. The number of nitrogens with one attached hydrogen (secondary N) is 1. The summed E-state index contributed by atoms with van der Waals surface area (Å²) in [7, 11) is 1.58. The van der Waals surface area contributed by atoms with Crippen molar-refractivity contribution in [3.63, 3.8) is 0 Å². The summed E-state index contributed by atoms with van der Waals surface area (Å²) in [6.07, 6.45) is 48.2. The number of aliphatic hydroxyl groups is 1. The van der Waals surface area contributed by atoms with Gasteiger partial charge in [-0.2, -0.15) is 0 Å². The molecule has 0 fully saturated rings. The summed E-state index contributed by atoms with van der Waals surface area (Å²) in [6, 6.07) is -0.837. The number of quaternary nitrogens is 1. The van der Waals surface area contributed by atoms with Gasteiger partial charge in [0.2, 0.25) is 5.91 Å². The van der Waals surface area contributed by atoms with Gasteiger partial charge in [-0.1, -0.05) is 231 Å². The van der Waals surface area contributed by atoms with E-state index in [9.17, 15) is 19.4 Å². The average molecular weight is 830 g/mol. The maximum absolute atomic E-state index is 12.7. The molecule has 57 heavy (non-hydrogen) atoms. The van der Waals surface area contributed by atoms with E-state index in [1.807, 2.05) is 27.2 Å². The smallest absolute Gasteiger partial charge is 0.387 e.